The first-order chi connectivity index (χ1) is 3.83. The second kappa shape index (κ2) is 98.8. The molecule has 0 atom stereocenters. The van der Waals surface area contributed by atoms with Crippen molar-refractivity contribution in [3.63, 3.8) is 0 Å². The Bertz CT molecular complexity index is 26.0. The van der Waals surface area contributed by atoms with Crippen molar-refractivity contribution < 1.29 is 5.21 Å². The highest BCUT2D eigenvalue weighted by atomic mass is 16.6. The van der Waals surface area contributed by atoms with Crippen LogP contribution in [0.1, 0.15) is 20.3 Å². The number of hydrogen-bond donors (Lipinski definition) is 2. The van der Waals surface area contributed by atoms with E-state index in [0.29, 0.717) is 0 Å². The van der Waals surface area contributed by atoms with Crippen molar-refractivity contribution in [1.29, 1.82) is 0 Å². The molecular formula is C4H14N2O2. The van der Waals surface area contributed by atoms with Crippen LogP contribution in [0, 0.1) is 4.91 Å². The molecule has 0 aliphatic rings. The zero-order valence-corrected chi connectivity index (χ0v) is 5.59. The van der Waals surface area contributed by atoms with Gasteiger partial charge in [0.25, 0.3) is 0 Å². The smallest absolute Gasteiger partial charge is 0.152 e. The Morgan fingerprint density at radius 1 is 1.50 bits per heavy atom. The maximum atomic E-state index is 8.11. The van der Waals surface area contributed by atoms with Gasteiger partial charge in [-0.1, -0.05) is 20.3 Å². The minimum atomic E-state index is 1.25. The van der Waals surface area contributed by atoms with Crippen molar-refractivity contribution >= 4 is 0 Å². The van der Waals surface area contributed by atoms with Crippen LogP contribution in [0.4, 0.5) is 0 Å². The molecule has 0 radical (unpaired) electrons. The van der Waals surface area contributed by atoms with Crippen LogP contribution in [0.5, 0.6) is 0 Å². The van der Waals surface area contributed by atoms with Crippen LogP contribution in [-0.4, -0.2) is 12.3 Å². The van der Waals surface area contributed by atoms with Gasteiger partial charge in [-0.05, 0) is 7.05 Å². The quantitative estimate of drug-likeness (QED) is 0.373. The highest BCUT2D eigenvalue weighted by Crippen LogP contribution is 1.56. The molecule has 0 aromatic carbocycles. The molecule has 0 unspecified atom stereocenters. The molecule has 0 saturated heterocycles. The molecule has 0 saturated carbocycles. The van der Waals surface area contributed by atoms with E-state index in [1.807, 2.05) is 0 Å². The normalized spacial score (nSPS) is 4.50. The minimum Gasteiger partial charge on any atom is -0.379 e. The molecule has 0 rings (SSSR count). The molecular weight excluding hydrogens is 108 g/mol. The number of rotatable bonds is 0. The second-order valence-corrected chi connectivity index (χ2v) is 0.789. The zero-order valence-electron chi connectivity index (χ0n) is 5.59. The van der Waals surface area contributed by atoms with Crippen molar-refractivity contribution in [2.45, 2.75) is 20.3 Å². The van der Waals surface area contributed by atoms with Crippen LogP contribution in [0.3, 0.4) is 0 Å². The Morgan fingerprint density at radius 3 is 1.50 bits per heavy atom. The maximum Gasteiger partial charge on any atom is 0.152 e. The molecule has 0 aliphatic heterocycles. The first-order valence-electron chi connectivity index (χ1n) is 2.37. The maximum absolute atomic E-state index is 8.11. The fourth-order valence-electron chi connectivity index (χ4n) is 0. The van der Waals surface area contributed by atoms with Gasteiger partial charge in [-0.25, -0.2) is 0 Å². The fourth-order valence-corrected chi connectivity index (χ4v) is 0. The summed E-state index contributed by atoms with van der Waals surface area (Å²) in [6, 6.07) is 0. The van der Waals surface area contributed by atoms with Gasteiger partial charge >= 0.3 is 0 Å². The summed E-state index contributed by atoms with van der Waals surface area (Å²) in [5, 5.41) is 7.89. The lowest BCUT2D eigenvalue weighted by atomic mass is 10.6. The van der Waals surface area contributed by atoms with Crippen molar-refractivity contribution in [3.05, 3.63) is 4.91 Å². The van der Waals surface area contributed by atoms with Crippen molar-refractivity contribution in [2.24, 2.45) is 11.1 Å². The van der Waals surface area contributed by atoms with E-state index in [1.165, 1.54) is 18.8 Å². The lowest BCUT2D eigenvalue weighted by Crippen LogP contribution is -1.69. The number of hydrogen-bond acceptors (Lipinski definition) is 3. The predicted octanol–water partition coefficient (Wildman–Crippen LogP) is 1.13. The van der Waals surface area contributed by atoms with E-state index in [0.717, 1.165) is 0 Å². The van der Waals surface area contributed by atoms with Crippen molar-refractivity contribution in [3.8, 4) is 0 Å². The molecule has 3 N–H and O–H groups in total. The Hall–Kier alpha value is -0.640. The molecule has 8 heavy (non-hydrogen) atoms. The van der Waals surface area contributed by atoms with E-state index in [9.17, 15) is 0 Å². The van der Waals surface area contributed by atoms with Gasteiger partial charge in [0.15, 0.2) is 5.34 Å². The highest BCUT2D eigenvalue weighted by Gasteiger charge is 1.35. The summed E-state index contributed by atoms with van der Waals surface area (Å²) in [7, 11) is 1.50. The fraction of sp³-hybridized carbons (Fsp3) is 1.00. The molecule has 4 nitrogen and oxygen atoms in total. The minimum absolute atomic E-state index is 1.25. The molecule has 0 bridgehead atoms. The summed E-state index contributed by atoms with van der Waals surface area (Å²) < 4.78 is 0. The standard InChI is InChI=1S/C3H8.CH5N.HNO2/c1-3-2;1-2;2-1-3/h3H2,1-2H3;2H2,1H3;(H,2,3). The summed E-state index contributed by atoms with van der Waals surface area (Å²) in [4.78, 5) is 8.11. The summed E-state index contributed by atoms with van der Waals surface area (Å²) in [6.45, 7) is 4.25. The summed E-state index contributed by atoms with van der Waals surface area (Å²) in [5.74, 6) is 0. The molecule has 0 aliphatic carbocycles. The third-order valence-corrected chi connectivity index (χ3v) is 0. The van der Waals surface area contributed by atoms with Gasteiger partial charge in [-0.2, -0.15) is 0 Å². The van der Waals surface area contributed by atoms with Gasteiger partial charge in [0.1, 0.15) is 0 Å². The largest absolute Gasteiger partial charge is 0.379 e. The van der Waals surface area contributed by atoms with Crippen LogP contribution in [0.2, 0.25) is 0 Å². The molecule has 4 heteroatoms. The molecule has 0 amide bonds. The lowest BCUT2D eigenvalue weighted by molar-refractivity contribution is 0.312. The summed E-state index contributed by atoms with van der Waals surface area (Å²) in [6.07, 6.45) is 1.25. The predicted molar refractivity (Wildman–Crippen MR) is 33.7 cm³/mol. The van der Waals surface area contributed by atoms with E-state index >= 15 is 0 Å². The first kappa shape index (κ1) is 15.7. The van der Waals surface area contributed by atoms with E-state index in [-0.39, 0.29) is 0 Å². The Morgan fingerprint density at radius 2 is 1.50 bits per heavy atom. The topological polar surface area (TPSA) is 75.7 Å². The van der Waals surface area contributed by atoms with Gasteiger partial charge < -0.3 is 10.9 Å². The van der Waals surface area contributed by atoms with Crippen LogP contribution in [-0.2, 0) is 0 Å². The van der Waals surface area contributed by atoms with Gasteiger partial charge in [-0.15, -0.1) is 4.91 Å². The van der Waals surface area contributed by atoms with Crippen LogP contribution >= 0.6 is 0 Å². The average molecular weight is 122 g/mol. The van der Waals surface area contributed by atoms with Crippen LogP contribution in [0.15, 0.2) is 5.34 Å². The third kappa shape index (κ3) is 249. The number of nitrogens with zero attached hydrogens (tertiary/aromatic N) is 1. The third-order valence-electron chi connectivity index (χ3n) is 0. The number of nitrogens with two attached hydrogens (primary N) is 1. The van der Waals surface area contributed by atoms with Gasteiger partial charge in [0.2, 0.25) is 0 Å². The average Bonchev–Trinajstić information content (AvgIpc) is 1.75. The molecule has 0 spiro atoms. The second-order valence-electron chi connectivity index (χ2n) is 0.789. The van der Waals surface area contributed by atoms with E-state index < -0.39 is 0 Å². The zero-order chi connectivity index (χ0) is 7.41. The van der Waals surface area contributed by atoms with E-state index in [1.54, 1.807) is 0 Å². The lowest BCUT2D eigenvalue weighted by Gasteiger charge is -1.48. The van der Waals surface area contributed by atoms with E-state index in [2.05, 4.69) is 19.6 Å². The summed E-state index contributed by atoms with van der Waals surface area (Å²) in [5.41, 5.74) is 4.50. The Labute approximate surface area is 49.6 Å². The van der Waals surface area contributed by atoms with Crippen LogP contribution < -0.4 is 5.73 Å². The van der Waals surface area contributed by atoms with Gasteiger partial charge in [0.05, 0.1) is 0 Å². The molecule has 0 heterocycles. The molecule has 0 fully saturated rings. The Balaban J connectivity index is -0.0000000483. The first-order valence-corrected chi connectivity index (χ1v) is 2.37. The van der Waals surface area contributed by atoms with Crippen LogP contribution in [0.25, 0.3) is 0 Å². The van der Waals surface area contributed by atoms with Crippen molar-refractivity contribution in [2.75, 3.05) is 7.05 Å². The molecule has 0 aromatic heterocycles. The SMILES string of the molecule is CCC.CN.O=NO. The summed E-state index contributed by atoms with van der Waals surface area (Å²) >= 11 is 0. The Kier molecular flexibility index (Phi) is 193. The molecule has 0 aromatic rings. The monoisotopic (exact) mass is 122 g/mol. The highest BCUT2D eigenvalue weighted by molar-refractivity contribution is 3.92. The van der Waals surface area contributed by atoms with Gasteiger partial charge in [-0.3, -0.25) is 0 Å². The van der Waals surface area contributed by atoms with Gasteiger partial charge in [0, 0.05) is 0 Å². The molecule has 52 valence electrons. The van der Waals surface area contributed by atoms with Crippen molar-refractivity contribution in [1.82, 2.24) is 0 Å². The van der Waals surface area contributed by atoms with E-state index in [4.69, 9.17) is 10.1 Å².